The van der Waals surface area contributed by atoms with Crippen LogP contribution in [0.3, 0.4) is 0 Å². The summed E-state index contributed by atoms with van der Waals surface area (Å²) in [5.41, 5.74) is 2.30. The van der Waals surface area contributed by atoms with Crippen molar-refractivity contribution >= 4 is 0 Å². The topological polar surface area (TPSA) is 59.3 Å². The molecule has 6 heterocycles. The van der Waals surface area contributed by atoms with Gasteiger partial charge in [-0.1, -0.05) is 0 Å². The molecule has 0 spiro atoms. The molecule has 0 amide bonds. The molecule has 6 rings (SSSR count). The van der Waals surface area contributed by atoms with Crippen molar-refractivity contribution in [3.8, 4) is 5.88 Å². The van der Waals surface area contributed by atoms with Gasteiger partial charge in [-0.15, -0.1) is 0 Å². The Kier molecular flexibility index (Phi) is 4.00. The van der Waals surface area contributed by atoms with Gasteiger partial charge < -0.3 is 9.30 Å². The summed E-state index contributed by atoms with van der Waals surface area (Å²) in [6, 6.07) is 1.44. The summed E-state index contributed by atoms with van der Waals surface area (Å²) >= 11 is 0. The molecule has 2 aromatic rings. The number of nitrogens with zero attached hydrogens (tertiary/aromatic N) is 6. The molecule has 4 aliphatic rings. The van der Waals surface area contributed by atoms with Crippen molar-refractivity contribution in [2.75, 3.05) is 19.6 Å². The number of aromatic nitrogens is 4. The first kappa shape index (κ1) is 17.8. The Morgan fingerprint density at radius 3 is 2.55 bits per heavy atom. The lowest BCUT2D eigenvalue weighted by atomic mass is 9.82. The lowest BCUT2D eigenvalue weighted by Crippen LogP contribution is -2.41. The van der Waals surface area contributed by atoms with E-state index in [0.29, 0.717) is 0 Å². The summed E-state index contributed by atoms with van der Waals surface area (Å²) < 4.78 is 8.42. The van der Waals surface area contributed by atoms with Crippen LogP contribution < -0.4 is 4.74 Å². The Bertz CT molecular complexity index is 921. The van der Waals surface area contributed by atoms with Crippen LogP contribution in [-0.2, 0) is 20.0 Å². The van der Waals surface area contributed by atoms with Crippen molar-refractivity contribution in [1.82, 2.24) is 29.3 Å². The lowest BCUT2D eigenvalue weighted by molar-refractivity contribution is 0.118. The molecule has 154 valence electrons. The van der Waals surface area contributed by atoms with Gasteiger partial charge in [-0.2, -0.15) is 4.98 Å². The zero-order chi connectivity index (χ0) is 19.7. The fourth-order valence-corrected chi connectivity index (χ4v) is 6.54. The second kappa shape index (κ2) is 6.51. The molecule has 29 heavy (non-hydrogen) atoms. The predicted octanol–water partition coefficient (Wildman–Crippen LogP) is 1.73. The molecule has 2 bridgehead atoms. The molecular formula is C22H30N6O. The van der Waals surface area contributed by atoms with Crippen molar-refractivity contribution < 1.29 is 4.74 Å². The van der Waals surface area contributed by atoms with Gasteiger partial charge in [0.15, 0.2) is 0 Å². The number of hydrogen-bond acceptors (Lipinski definition) is 6. The van der Waals surface area contributed by atoms with Gasteiger partial charge >= 0.3 is 0 Å². The minimum absolute atomic E-state index is 0.227. The largest absolute Gasteiger partial charge is 0.472 e. The van der Waals surface area contributed by atoms with E-state index in [1.807, 2.05) is 19.3 Å². The fraction of sp³-hybridized carbons (Fsp3) is 0.682. The van der Waals surface area contributed by atoms with Crippen LogP contribution in [0.5, 0.6) is 5.88 Å². The zero-order valence-electron chi connectivity index (χ0n) is 17.6. The summed E-state index contributed by atoms with van der Waals surface area (Å²) in [7, 11) is 2.10. The maximum Gasteiger partial charge on any atom is 0.220 e. The molecule has 0 N–H and O–H groups in total. The van der Waals surface area contributed by atoms with E-state index in [4.69, 9.17) is 4.74 Å². The third-order valence-corrected chi connectivity index (χ3v) is 7.78. The van der Waals surface area contributed by atoms with Crippen LogP contribution in [0.15, 0.2) is 12.4 Å². The average Bonchev–Trinajstić information content (AvgIpc) is 3.45. The van der Waals surface area contributed by atoms with Gasteiger partial charge in [0.2, 0.25) is 5.88 Å². The van der Waals surface area contributed by atoms with Crippen LogP contribution in [0.25, 0.3) is 0 Å². The van der Waals surface area contributed by atoms with E-state index >= 15 is 0 Å². The van der Waals surface area contributed by atoms with E-state index in [0.717, 1.165) is 60.8 Å². The molecule has 5 atom stereocenters. The first-order valence-corrected chi connectivity index (χ1v) is 11.0. The highest BCUT2D eigenvalue weighted by molar-refractivity contribution is 5.35. The number of rotatable bonds is 4. The highest BCUT2D eigenvalue weighted by Gasteiger charge is 2.56. The monoisotopic (exact) mass is 394 g/mol. The Morgan fingerprint density at radius 2 is 1.86 bits per heavy atom. The molecule has 0 radical (unpaired) electrons. The maximum absolute atomic E-state index is 6.27. The molecule has 2 aromatic heterocycles. The van der Waals surface area contributed by atoms with Gasteiger partial charge in [-0.3, -0.25) is 9.80 Å². The predicted molar refractivity (Wildman–Crippen MR) is 109 cm³/mol. The molecule has 7 heteroatoms. The molecule has 4 aliphatic heterocycles. The second-order valence-electron chi connectivity index (χ2n) is 9.47. The fourth-order valence-electron chi connectivity index (χ4n) is 6.54. The molecule has 1 unspecified atom stereocenters. The first-order valence-electron chi connectivity index (χ1n) is 11.0. The van der Waals surface area contributed by atoms with Gasteiger partial charge in [-0.25, -0.2) is 9.97 Å². The van der Waals surface area contributed by atoms with Crippen LogP contribution >= 0.6 is 0 Å². The van der Waals surface area contributed by atoms with Crippen molar-refractivity contribution in [2.45, 2.75) is 57.8 Å². The quantitative estimate of drug-likeness (QED) is 0.787. The van der Waals surface area contributed by atoms with Gasteiger partial charge in [0, 0.05) is 68.8 Å². The molecule has 0 saturated carbocycles. The number of imidazole rings is 1. The molecule has 0 aromatic carbocycles. The Balaban J connectivity index is 1.12. The first-order chi connectivity index (χ1) is 14.1. The van der Waals surface area contributed by atoms with E-state index in [-0.39, 0.29) is 6.10 Å². The summed E-state index contributed by atoms with van der Waals surface area (Å²) in [6.07, 6.45) is 7.83. The average molecular weight is 395 g/mol. The van der Waals surface area contributed by atoms with Crippen molar-refractivity contribution in [1.29, 1.82) is 0 Å². The number of aryl methyl sites for hydroxylation is 3. The Hall–Kier alpha value is -1.99. The van der Waals surface area contributed by atoms with Crippen LogP contribution in [0.4, 0.5) is 0 Å². The van der Waals surface area contributed by atoms with Crippen LogP contribution in [0.2, 0.25) is 0 Å². The third-order valence-electron chi connectivity index (χ3n) is 7.78. The van der Waals surface area contributed by atoms with Gasteiger partial charge in [0.05, 0.1) is 6.54 Å². The smallest absolute Gasteiger partial charge is 0.220 e. The Morgan fingerprint density at radius 1 is 1.10 bits per heavy atom. The molecular weight excluding hydrogens is 364 g/mol. The van der Waals surface area contributed by atoms with Crippen molar-refractivity contribution in [3.63, 3.8) is 0 Å². The molecule has 0 aliphatic carbocycles. The van der Waals surface area contributed by atoms with Gasteiger partial charge in [0.1, 0.15) is 17.8 Å². The van der Waals surface area contributed by atoms with Crippen molar-refractivity contribution in [2.24, 2.45) is 18.9 Å². The minimum Gasteiger partial charge on any atom is -0.472 e. The summed E-state index contributed by atoms with van der Waals surface area (Å²) in [6.45, 7) is 8.47. The number of likely N-dealkylation sites (tertiary alicyclic amines) is 1. The normalized spacial score (nSPS) is 33.3. The zero-order valence-corrected chi connectivity index (χ0v) is 17.6. The van der Waals surface area contributed by atoms with Gasteiger partial charge in [0.25, 0.3) is 0 Å². The highest BCUT2D eigenvalue weighted by Crippen LogP contribution is 2.49. The highest BCUT2D eigenvalue weighted by atomic mass is 16.5. The van der Waals surface area contributed by atoms with Crippen molar-refractivity contribution in [3.05, 3.63) is 35.3 Å². The second-order valence-corrected chi connectivity index (χ2v) is 9.47. The summed E-state index contributed by atoms with van der Waals surface area (Å²) in [4.78, 5) is 19.0. The maximum atomic E-state index is 6.27. The van der Waals surface area contributed by atoms with E-state index in [9.17, 15) is 0 Å². The molecule has 3 saturated heterocycles. The SMILES string of the molecule is Cc1nc(C)c2c(n1)OC(CN1[C@@H]3CC[C@H]1[C@H]1CN(Cc4nccn4C)C[C@H]13)C2. The summed E-state index contributed by atoms with van der Waals surface area (Å²) in [5, 5.41) is 0. The number of hydrogen-bond donors (Lipinski definition) is 0. The van der Waals surface area contributed by atoms with Crippen LogP contribution in [0.1, 0.15) is 35.7 Å². The van der Waals surface area contributed by atoms with E-state index in [2.05, 4.69) is 43.3 Å². The van der Waals surface area contributed by atoms with Gasteiger partial charge in [-0.05, 0) is 38.5 Å². The van der Waals surface area contributed by atoms with E-state index < -0.39 is 0 Å². The lowest BCUT2D eigenvalue weighted by Gasteiger charge is -2.28. The standard InChI is InChI=1S/C22H30N6O/c1-13-16-8-15(29-22(16)25-14(2)24-13)9-28-19-4-5-20(28)18-11-27(10-17(18)19)12-21-23-6-7-26(21)3/h6-7,15,17-20H,4-5,8-12H2,1-3H3/t15?,17-,18+,19-,20+. The number of ether oxygens (including phenoxy) is 1. The Labute approximate surface area is 172 Å². The molecule has 7 nitrogen and oxygen atoms in total. The van der Waals surface area contributed by atoms with E-state index in [1.165, 1.54) is 37.3 Å². The third kappa shape index (κ3) is 2.81. The number of fused-ring (bicyclic) bond motifs is 6. The minimum atomic E-state index is 0.227. The summed E-state index contributed by atoms with van der Waals surface area (Å²) in [5.74, 6) is 4.43. The van der Waals surface area contributed by atoms with Crippen LogP contribution in [-0.4, -0.2) is 67.1 Å². The van der Waals surface area contributed by atoms with E-state index in [1.54, 1.807) is 0 Å². The van der Waals surface area contributed by atoms with Crippen LogP contribution in [0, 0.1) is 25.7 Å². The molecule has 3 fully saturated rings.